The minimum Gasteiger partial charge on any atom is -0.479 e. The van der Waals surface area contributed by atoms with E-state index in [1.165, 1.54) is 51.4 Å². The molecule has 0 rings (SSSR count). The van der Waals surface area contributed by atoms with Crippen LogP contribution >= 0.6 is 0 Å². The first-order valence-corrected chi connectivity index (χ1v) is 10.8. The van der Waals surface area contributed by atoms with Gasteiger partial charge in [-0.2, -0.15) is 0 Å². The minimum atomic E-state index is -3.10. The first kappa shape index (κ1) is 27.0. The average Bonchev–Trinajstić information content (AvgIpc) is 2.69. The molecule has 0 bridgehead atoms. The highest BCUT2D eigenvalue weighted by atomic mass is 16.4. The zero-order chi connectivity index (χ0) is 21.4. The molecule has 0 saturated carbocycles. The summed E-state index contributed by atoms with van der Waals surface area (Å²) in [4.78, 5) is 23.0. The SMILES string of the molecule is CCCCCCCCCCCCCCCC(O)C(O)(C(=O)O)C(=O)C(O)CO. The van der Waals surface area contributed by atoms with Crippen molar-refractivity contribution in [2.45, 2.75) is 115 Å². The van der Waals surface area contributed by atoms with Crippen LogP contribution in [0.3, 0.4) is 0 Å². The van der Waals surface area contributed by atoms with Crippen molar-refractivity contribution in [3.63, 3.8) is 0 Å². The van der Waals surface area contributed by atoms with Gasteiger partial charge in [0.2, 0.25) is 11.4 Å². The molecule has 166 valence electrons. The highest BCUT2D eigenvalue weighted by molar-refractivity contribution is 6.08. The molecule has 5 N–H and O–H groups in total. The van der Waals surface area contributed by atoms with Gasteiger partial charge in [0.25, 0.3) is 0 Å². The molecule has 0 aliphatic rings. The number of carbonyl (C=O) groups is 2. The van der Waals surface area contributed by atoms with Crippen molar-refractivity contribution >= 4 is 11.8 Å². The predicted molar refractivity (Wildman–Crippen MR) is 107 cm³/mol. The molecule has 0 aromatic heterocycles. The second-order valence-electron chi connectivity index (χ2n) is 7.68. The summed E-state index contributed by atoms with van der Waals surface area (Å²) in [7, 11) is 0. The summed E-state index contributed by atoms with van der Waals surface area (Å²) < 4.78 is 0. The lowest BCUT2D eigenvalue weighted by molar-refractivity contribution is -0.183. The van der Waals surface area contributed by atoms with E-state index >= 15 is 0 Å². The van der Waals surface area contributed by atoms with E-state index in [1.807, 2.05) is 0 Å². The van der Waals surface area contributed by atoms with Crippen molar-refractivity contribution in [3.05, 3.63) is 0 Å². The van der Waals surface area contributed by atoms with Gasteiger partial charge in [-0.3, -0.25) is 4.79 Å². The summed E-state index contributed by atoms with van der Waals surface area (Å²) in [6.07, 6.45) is 10.8. The highest BCUT2D eigenvalue weighted by Crippen LogP contribution is 2.21. The first-order chi connectivity index (χ1) is 13.3. The summed E-state index contributed by atoms with van der Waals surface area (Å²) in [6.45, 7) is 1.20. The van der Waals surface area contributed by atoms with Crippen molar-refractivity contribution in [2.75, 3.05) is 6.61 Å². The van der Waals surface area contributed by atoms with Crippen LogP contribution in [0.15, 0.2) is 0 Å². The number of hydrogen-bond acceptors (Lipinski definition) is 6. The van der Waals surface area contributed by atoms with Crippen molar-refractivity contribution < 1.29 is 35.1 Å². The van der Waals surface area contributed by atoms with Crippen LogP contribution < -0.4 is 0 Å². The Balaban J connectivity index is 3.89. The molecular formula is C21H40O7. The van der Waals surface area contributed by atoms with E-state index in [0.29, 0.717) is 6.42 Å². The lowest BCUT2D eigenvalue weighted by atomic mass is 9.86. The smallest absolute Gasteiger partial charge is 0.346 e. The van der Waals surface area contributed by atoms with Gasteiger partial charge < -0.3 is 25.5 Å². The number of aliphatic hydroxyl groups is 4. The number of unbranched alkanes of at least 4 members (excludes halogenated alkanes) is 12. The quantitative estimate of drug-likeness (QED) is 0.165. The van der Waals surface area contributed by atoms with Crippen LogP contribution in [-0.2, 0) is 9.59 Å². The normalized spacial score (nSPS) is 15.8. The average molecular weight is 405 g/mol. The van der Waals surface area contributed by atoms with Crippen LogP contribution in [0.5, 0.6) is 0 Å². The van der Waals surface area contributed by atoms with E-state index in [0.717, 1.165) is 25.7 Å². The maximum Gasteiger partial charge on any atom is 0.346 e. The number of aliphatic hydroxyl groups excluding tert-OH is 3. The third kappa shape index (κ3) is 9.96. The number of aliphatic carboxylic acids is 1. The number of Topliss-reactive ketones (excluding diaryl/α,β-unsaturated/α-hetero) is 1. The number of ketones is 1. The molecular weight excluding hydrogens is 364 g/mol. The van der Waals surface area contributed by atoms with Crippen LogP contribution in [-0.4, -0.2) is 61.7 Å². The topological polar surface area (TPSA) is 135 Å². The molecule has 0 heterocycles. The largest absolute Gasteiger partial charge is 0.479 e. The molecule has 28 heavy (non-hydrogen) atoms. The maximum absolute atomic E-state index is 11.8. The molecule has 0 saturated heterocycles. The van der Waals surface area contributed by atoms with E-state index in [9.17, 15) is 24.9 Å². The Kier molecular flexibility index (Phi) is 15.3. The van der Waals surface area contributed by atoms with Crippen molar-refractivity contribution in [1.82, 2.24) is 0 Å². The molecule has 3 unspecified atom stereocenters. The van der Waals surface area contributed by atoms with Crippen molar-refractivity contribution in [3.8, 4) is 0 Å². The van der Waals surface area contributed by atoms with Crippen LogP contribution in [0.2, 0.25) is 0 Å². The molecule has 0 aliphatic carbocycles. The summed E-state index contributed by atoms with van der Waals surface area (Å²) in [5.74, 6) is -3.42. The fourth-order valence-corrected chi connectivity index (χ4v) is 3.31. The number of carboxylic acids is 1. The van der Waals surface area contributed by atoms with E-state index in [1.54, 1.807) is 0 Å². The molecule has 3 atom stereocenters. The zero-order valence-corrected chi connectivity index (χ0v) is 17.3. The first-order valence-electron chi connectivity index (χ1n) is 10.8. The van der Waals surface area contributed by atoms with Crippen LogP contribution in [0.4, 0.5) is 0 Å². The number of carboxylic acid groups (broad SMARTS) is 1. The molecule has 7 heteroatoms. The Morgan fingerprint density at radius 2 is 1.18 bits per heavy atom. The highest BCUT2D eigenvalue weighted by Gasteiger charge is 2.52. The third-order valence-electron chi connectivity index (χ3n) is 5.24. The fourth-order valence-electron chi connectivity index (χ4n) is 3.31. The molecule has 0 fully saturated rings. The zero-order valence-electron chi connectivity index (χ0n) is 17.3. The molecule has 0 aromatic carbocycles. The van der Waals surface area contributed by atoms with Crippen LogP contribution in [0.1, 0.15) is 96.8 Å². The predicted octanol–water partition coefficient (Wildman–Crippen LogP) is 2.57. The van der Waals surface area contributed by atoms with Gasteiger partial charge >= 0.3 is 5.97 Å². The van der Waals surface area contributed by atoms with Gasteiger partial charge in [0.05, 0.1) is 6.61 Å². The van der Waals surface area contributed by atoms with Gasteiger partial charge in [-0.15, -0.1) is 0 Å². The summed E-state index contributed by atoms with van der Waals surface area (Å²) in [6, 6.07) is 0. The Bertz CT molecular complexity index is 427. The third-order valence-corrected chi connectivity index (χ3v) is 5.24. The summed E-state index contributed by atoms with van der Waals surface area (Å²) >= 11 is 0. The van der Waals surface area contributed by atoms with Gasteiger partial charge in [-0.05, 0) is 6.42 Å². The minimum absolute atomic E-state index is 0.0650. The standard InChI is InChI=1S/C21H40O7/c1-2-3-4-5-6-7-8-9-10-11-12-13-14-15-18(24)21(28,20(26)27)19(25)17(23)16-22/h17-18,22-24,28H,2-16H2,1H3,(H,26,27). The Labute approximate surface area is 168 Å². The van der Waals surface area contributed by atoms with Crippen LogP contribution in [0.25, 0.3) is 0 Å². The van der Waals surface area contributed by atoms with Crippen LogP contribution in [0, 0.1) is 0 Å². The molecule has 0 radical (unpaired) electrons. The molecule has 0 spiro atoms. The van der Waals surface area contributed by atoms with E-state index in [-0.39, 0.29) is 6.42 Å². The van der Waals surface area contributed by atoms with Crippen molar-refractivity contribution in [1.29, 1.82) is 0 Å². The maximum atomic E-state index is 11.8. The molecule has 0 aliphatic heterocycles. The lowest BCUT2D eigenvalue weighted by Crippen LogP contribution is -2.59. The lowest BCUT2D eigenvalue weighted by Gasteiger charge is -2.28. The molecule has 7 nitrogen and oxygen atoms in total. The Hall–Kier alpha value is -1.02. The van der Waals surface area contributed by atoms with Gasteiger partial charge in [0.15, 0.2) is 0 Å². The summed E-state index contributed by atoms with van der Waals surface area (Å²) in [5, 5.41) is 47.2. The number of rotatable bonds is 19. The van der Waals surface area contributed by atoms with E-state index in [4.69, 9.17) is 10.2 Å². The van der Waals surface area contributed by atoms with Gasteiger partial charge in [0, 0.05) is 0 Å². The van der Waals surface area contributed by atoms with E-state index in [2.05, 4.69) is 6.92 Å². The second-order valence-corrected chi connectivity index (χ2v) is 7.68. The Morgan fingerprint density at radius 1 is 0.786 bits per heavy atom. The number of hydrogen-bond donors (Lipinski definition) is 5. The molecule has 0 aromatic rings. The Morgan fingerprint density at radius 3 is 1.54 bits per heavy atom. The number of carbonyl (C=O) groups excluding carboxylic acids is 1. The second kappa shape index (κ2) is 15.9. The molecule has 0 amide bonds. The van der Waals surface area contributed by atoms with Gasteiger partial charge in [-0.25, -0.2) is 4.79 Å². The summed E-state index contributed by atoms with van der Waals surface area (Å²) in [5.41, 5.74) is -3.10. The fraction of sp³-hybridized carbons (Fsp3) is 0.905. The monoisotopic (exact) mass is 404 g/mol. The van der Waals surface area contributed by atoms with Gasteiger partial charge in [-0.1, -0.05) is 90.4 Å². The van der Waals surface area contributed by atoms with E-state index < -0.39 is 36.2 Å². The van der Waals surface area contributed by atoms with Crippen molar-refractivity contribution in [2.24, 2.45) is 0 Å². The van der Waals surface area contributed by atoms with Gasteiger partial charge in [0.1, 0.15) is 12.2 Å².